The summed E-state index contributed by atoms with van der Waals surface area (Å²) in [6.07, 6.45) is 2.53. The standard InChI is InChI=1S/C17H17N5O/c18-13-14-4-1-5-15(12-14)17(23)22-9-3-8-21(10-11-22)16-6-2-7-19-20-16/h1-2,4-7,12H,3,8-11H2. The zero-order valence-electron chi connectivity index (χ0n) is 12.7. The van der Waals surface area contributed by atoms with Crippen LogP contribution in [0.3, 0.4) is 0 Å². The lowest BCUT2D eigenvalue weighted by molar-refractivity contribution is 0.0767. The highest BCUT2D eigenvalue weighted by molar-refractivity contribution is 5.94. The van der Waals surface area contributed by atoms with Crippen LogP contribution in [-0.4, -0.2) is 47.2 Å². The number of rotatable bonds is 2. The van der Waals surface area contributed by atoms with Gasteiger partial charge in [-0.1, -0.05) is 6.07 Å². The zero-order valence-corrected chi connectivity index (χ0v) is 12.7. The lowest BCUT2D eigenvalue weighted by Crippen LogP contribution is -2.35. The zero-order chi connectivity index (χ0) is 16.1. The molecule has 2 heterocycles. The van der Waals surface area contributed by atoms with E-state index in [4.69, 9.17) is 5.26 Å². The molecule has 1 aliphatic heterocycles. The molecule has 116 valence electrons. The number of anilines is 1. The molecule has 0 saturated carbocycles. The van der Waals surface area contributed by atoms with Gasteiger partial charge >= 0.3 is 0 Å². The summed E-state index contributed by atoms with van der Waals surface area (Å²) in [5.41, 5.74) is 1.07. The van der Waals surface area contributed by atoms with Crippen molar-refractivity contribution in [2.24, 2.45) is 0 Å². The average molecular weight is 307 g/mol. The number of aromatic nitrogens is 2. The summed E-state index contributed by atoms with van der Waals surface area (Å²) >= 11 is 0. The highest BCUT2D eigenvalue weighted by Gasteiger charge is 2.21. The Labute approximate surface area is 135 Å². The molecule has 0 N–H and O–H groups in total. The quantitative estimate of drug-likeness (QED) is 0.844. The fourth-order valence-electron chi connectivity index (χ4n) is 2.72. The first-order valence-electron chi connectivity index (χ1n) is 7.60. The van der Waals surface area contributed by atoms with E-state index in [-0.39, 0.29) is 5.91 Å². The molecule has 1 fully saturated rings. The number of amides is 1. The highest BCUT2D eigenvalue weighted by atomic mass is 16.2. The number of nitriles is 1. The molecule has 6 nitrogen and oxygen atoms in total. The van der Waals surface area contributed by atoms with Crippen LogP contribution >= 0.6 is 0 Å². The van der Waals surface area contributed by atoms with E-state index in [0.717, 1.165) is 25.3 Å². The molecule has 6 heteroatoms. The maximum atomic E-state index is 12.6. The van der Waals surface area contributed by atoms with Crippen molar-refractivity contribution < 1.29 is 4.79 Å². The van der Waals surface area contributed by atoms with Crippen molar-refractivity contribution in [3.05, 3.63) is 53.7 Å². The van der Waals surface area contributed by atoms with Crippen molar-refractivity contribution in [2.75, 3.05) is 31.1 Å². The van der Waals surface area contributed by atoms with Gasteiger partial charge < -0.3 is 9.80 Å². The van der Waals surface area contributed by atoms with E-state index in [2.05, 4.69) is 21.2 Å². The third-order valence-corrected chi connectivity index (χ3v) is 3.90. The molecule has 1 aromatic carbocycles. The number of benzene rings is 1. The van der Waals surface area contributed by atoms with E-state index in [9.17, 15) is 4.79 Å². The molecule has 23 heavy (non-hydrogen) atoms. The van der Waals surface area contributed by atoms with Gasteiger partial charge in [0.1, 0.15) is 0 Å². The van der Waals surface area contributed by atoms with Gasteiger partial charge in [0.15, 0.2) is 5.82 Å². The number of hydrogen-bond acceptors (Lipinski definition) is 5. The van der Waals surface area contributed by atoms with Gasteiger partial charge in [-0.15, -0.1) is 5.10 Å². The lowest BCUT2D eigenvalue weighted by atomic mass is 10.1. The van der Waals surface area contributed by atoms with Crippen molar-refractivity contribution in [2.45, 2.75) is 6.42 Å². The molecule has 1 amide bonds. The number of carbonyl (C=O) groups is 1. The third-order valence-electron chi connectivity index (χ3n) is 3.90. The van der Waals surface area contributed by atoms with Crippen molar-refractivity contribution >= 4 is 11.7 Å². The molecule has 1 aliphatic rings. The van der Waals surface area contributed by atoms with Crippen molar-refractivity contribution in [1.82, 2.24) is 15.1 Å². The van der Waals surface area contributed by atoms with E-state index in [1.54, 1.807) is 30.5 Å². The molecule has 1 saturated heterocycles. The fraction of sp³-hybridized carbons (Fsp3) is 0.294. The lowest BCUT2D eigenvalue weighted by Gasteiger charge is -2.22. The smallest absolute Gasteiger partial charge is 0.253 e. The summed E-state index contributed by atoms with van der Waals surface area (Å²) in [5, 5.41) is 17.0. The van der Waals surface area contributed by atoms with Gasteiger partial charge in [-0.2, -0.15) is 10.4 Å². The first-order valence-corrected chi connectivity index (χ1v) is 7.60. The summed E-state index contributed by atoms with van der Waals surface area (Å²) in [6, 6.07) is 12.7. The molecule has 1 aromatic heterocycles. The molecule has 0 unspecified atom stereocenters. The maximum absolute atomic E-state index is 12.6. The van der Waals surface area contributed by atoms with E-state index in [0.29, 0.717) is 24.2 Å². The molecule has 0 spiro atoms. The average Bonchev–Trinajstić information content (AvgIpc) is 2.88. The fourth-order valence-corrected chi connectivity index (χ4v) is 2.72. The summed E-state index contributed by atoms with van der Waals surface area (Å²) < 4.78 is 0. The minimum absolute atomic E-state index is 0.0249. The van der Waals surface area contributed by atoms with Crippen molar-refractivity contribution in [1.29, 1.82) is 5.26 Å². The molecule has 0 atom stereocenters. The normalized spacial score (nSPS) is 14.9. The minimum atomic E-state index is -0.0249. The van der Waals surface area contributed by atoms with Crippen LogP contribution in [0.15, 0.2) is 42.6 Å². The van der Waals surface area contributed by atoms with Gasteiger partial charge in [0.25, 0.3) is 5.91 Å². The van der Waals surface area contributed by atoms with Gasteiger partial charge in [0.05, 0.1) is 11.6 Å². The van der Waals surface area contributed by atoms with Crippen LogP contribution in [0, 0.1) is 11.3 Å². The Morgan fingerprint density at radius 3 is 2.83 bits per heavy atom. The molecular weight excluding hydrogens is 290 g/mol. The van der Waals surface area contributed by atoms with Gasteiger partial charge in [0, 0.05) is 37.9 Å². The predicted molar refractivity (Wildman–Crippen MR) is 85.9 cm³/mol. The van der Waals surface area contributed by atoms with Crippen LogP contribution in [0.1, 0.15) is 22.3 Å². The summed E-state index contributed by atoms with van der Waals surface area (Å²) in [5.74, 6) is 0.816. The second-order valence-electron chi connectivity index (χ2n) is 5.41. The van der Waals surface area contributed by atoms with Crippen LogP contribution in [0.2, 0.25) is 0 Å². The molecular formula is C17H17N5O. The Bertz CT molecular complexity index is 725. The molecule has 0 bridgehead atoms. The molecule has 3 rings (SSSR count). The first kappa shape index (κ1) is 15.0. The SMILES string of the molecule is N#Cc1cccc(C(=O)N2CCCN(c3cccnn3)CC2)c1. The number of hydrogen-bond donors (Lipinski definition) is 0. The van der Waals surface area contributed by atoms with Crippen molar-refractivity contribution in [3.63, 3.8) is 0 Å². The summed E-state index contributed by atoms with van der Waals surface area (Å²) in [6.45, 7) is 2.90. The topological polar surface area (TPSA) is 73.1 Å². The van der Waals surface area contributed by atoms with Gasteiger partial charge in [-0.3, -0.25) is 4.79 Å². The van der Waals surface area contributed by atoms with Gasteiger partial charge in [-0.05, 0) is 36.8 Å². The Morgan fingerprint density at radius 2 is 2.04 bits per heavy atom. The third kappa shape index (κ3) is 3.46. The number of nitrogens with zero attached hydrogens (tertiary/aromatic N) is 5. The van der Waals surface area contributed by atoms with Gasteiger partial charge in [-0.25, -0.2) is 0 Å². The monoisotopic (exact) mass is 307 g/mol. The van der Waals surface area contributed by atoms with Crippen LogP contribution in [0.5, 0.6) is 0 Å². The number of carbonyl (C=O) groups excluding carboxylic acids is 1. The predicted octanol–water partition coefficient (Wildman–Crippen LogP) is 1.70. The Hall–Kier alpha value is -2.94. The van der Waals surface area contributed by atoms with E-state index < -0.39 is 0 Å². The van der Waals surface area contributed by atoms with E-state index in [1.165, 1.54) is 0 Å². The van der Waals surface area contributed by atoms with E-state index in [1.807, 2.05) is 17.0 Å². The second-order valence-corrected chi connectivity index (χ2v) is 5.41. The second kappa shape index (κ2) is 6.88. The molecule has 2 aromatic rings. The van der Waals surface area contributed by atoms with Crippen molar-refractivity contribution in [3.8, 4) is 6.07 Å². The maximum Gasteiger partial charge on any atom is 0.253 e. The first-order chi connectivity index (χ1) is 11.3. The van der Waals surface area contributed by atoms with E-state index >= 15 is 0 Å². The van der Waals surface area contributed by atoms with Crippen LogP contribution in [0.25, 0.3) is 0 Å². The molecule has 0 radical (unpaired) electrons. The van der Waals surface area contributed by atoms with Gasteiger partial charge in [0.2, 0.25) is 0 Å². The summed E-state index contributed by atoms with van der Waals surface area (Å²) in [4.78, 5) is 16.6. The Morgan fingerprint density at radius 1 is 1.13 bits per heavy atom. The Kier molecular flexibility index (Phi) is 4.48. The summed E-state index contributed by atoms with van der Waals surface area (Å²) in [7, 11) is 0. The molecule has 0 aliphatic carbocycles. The Balaban J connectivity index is 1.70. The highest BCUT2D eigenvalue weighted by Crippen LogP contribution is 2.14. The van der Waals surface area contributed by atoms with Crippen LogP contribution < -0.4 is 4.90 Å². The minimum Gasteiger partial charge on any atom is -0.353 e. The largest absolute Gasteiger partial charge is 0.353 e. The van der Waals surface area contributed by atoms with Crippen LogP contribution in [-0.2, 0) is 0 Å². The van der Waals surface area contributed by atoms with Crippen LogP contribution in [0.4, 0.5) is 5.82 Å².